The van der Waals surface area contributed by atoms with Gasteiger partial charge in [-0.15, -0.1) is 0 Å². The summed E-state index contributed by atoms with van der Waals surface area (Å²) >= 11 is 0. The molecule has 4 aromatic rings. The van der Waals surface area contributed by atoms with Crippen LogP contribution in [0.1, 0.15) is 58.1 Å². The molecule has 0 saturated heterocycles. The van der Waals surface area contributed by atoms with Crippen molar-refractivity contribution in [3.8, 4) is 11.5 Å². The minimum absolute atomic E-state index is 0.0639. The molecular weight excluding hydrogens is 608 g/mol. The van der Waals surface area contributed by atoms with Gasteiger partial charge >= 0.3 is 6.09 Å². The van der Waals surface area contributed by atoms with E-state index in [-0.39, 0.29) is 17.7 Å². The Bertz CT molecular complexity index is 1680. The van der Waals surface area contributed by atoms with Crippen LogP contribution in [-0.2, 0) is 0 Å². The zero-order chi connectivity index (χ0) is 35.0. The molecule has 0 aliphatic rings. The number of carboxylic acid groups (broad SMARTS) is 1. The lowest BCUT2D eigenvalue weighted by Crippen LogP contribution is -2.36. The number of nitrogens with zero attached hydrogens (tertiary/aromatic N) is 5. The maximum atomic E-state index is 13.2. The van der Waals surface area contributed by atoms with Gasteiger partial charge in [0.1, 0.15) is 17.3 Å². The first kappa shape index (κ1) is 35.7. The summed E-state index contributed by atoms with van der Waals surface area (Å²) in [6, 6.07) is 17.3. The van der Waals surface area contributed by atoms with Crippen LogP contribution < -0.4 is 19.7 Å². The predicted molar refractivity (Wildman–Crippen MR) is 189 cm³/mol. The quantitative estimate of drug-likeness (QED) is 0.150. The van der Waals surface area contributed by atoms with Crippen LogP contribution >= 0.6 is 0 Å². The van der Waals surface area contributed by atoms with E-state index in [9.17, 15) is 14.7 Å². The number of benzene rings is 3. The molecule has 0 radical (unpaired) electrons. The first-order valence-corrected chi connectivity index (χ1v) is 16.0. The largest absolute Gasteiger partial charge is 0.497 e. The maximum Gasteiger partial charge on any atom is 0.413 e. The maximum absolute atomic E-state index is 13.2. The van der Waals surface area contributed by atoms with Crippen molar-refractivity contribution in [3.05, 3.63) is 100 Å². The van der Waals surface area contributed by atoms with E-state index >= 15 is 0 Å². The molecule has 1 heterocycles. The third-order valence-electron chi connectivity index (χ3n) is 8.43. The second kappa shape index (κ2) is 16.1. The molecule has 0 spiro atoms. The molecule has 3 aromatic carbocycles. The Labute approximate surface area is 283 Å². The molecule has 11 nitrogen and oxygen atoms in total. The summed E-state index contributed by atoms with van der Waals surface area (Å²) in [7, 11) is 4.92. The number of rotatable bonds is 14. The predicted octanol–water partition coefficient (Wildman–Crippen LogP) is 6.85. The fraction of sp³-hybridized carbons (Fsp3) is 0.351. The molecule has 48 heavy (non-hydrogen) atoms. The first-order valence-electron chi connectivity index (χ1n) is 16.0. The highest BCUT2D eigenvalue weighted by molar-refractivity contribution is 5.94. The van der Waals surface area contributed by atoms with E-state index in [1.165, 1.54) is 11.1 Å². The number of methoxy groups -OCH3 is 2. The van der Waals surface area contributed by atoms with Crippen molar-refractivity contribution in [2.75, 3.05) is 57.7 Å². The standard InChI is InChI=1S/C37H46N6O5/c1-9-42(10-2)18-17-41(6)35(44)27-11-13-29(14-12-27)39-36-38-16-15-32(40-36)43(37(45)46)34(33-25(4)19-24(3)20-26(33)5)28-21-30(47-7)23-31(22-28)48-8/h11-16,19-23,34H,9-10,17-18H2,1-8H3,(H,45,46)(H,38,39,40). The summed E-state index contributed by atoms with van der Waals surface area (Å²) in [4.78, 5) is 40.4. The third-order valence-corrected chi connectivity index (χ3v) is 8.43. The number of aromatic nitrogens is 2. The van der Waals surface area contributed by atoms with Crippen LogP contribution in [0.3, 0.4) is 0 Å². The van der Waals surface area contributed by atoms with Crippen LogP contribution in [0, 0.1) is 20.8 Å². The number of amides is 2. The molecular formula is C37H46N6O5. The summed E-state index contributed by atoms with van der Waals surface area (Å²) < 4.78 is 11.1. The number of hydrogen-bond acceptors (Lipinski definition) is 8. The molecule has 1 atom stereocenters. The fourth-order valence-electron chi connectivity index (χ4n) is 5.92. The smallest absolute Gasteiger partial charge is 0.413 e. The Balaban J connectivity index is 1.68. The number of hydrogen-bond donors (Lipinski definition) is 2. The zero-order valence-corrected chi connectivity index (χ0v) is 29.1. The Morgan fingerprint density at radius 2 is 1.48 bits per heavy atom. The van der Waals surface area contributed by atoms with Gasteiger partial charge in [-0.2, -0.15) is 4.98 Å². The second-order valence-electron chi connectivity index (χ2n) is 11.7. The van der Waals surface area contributed by atoms with Crippen molar-refractivity contribution in [1.82, 2.24) is 19.8 Å². The molecule has 0 saturated carbocycles. The lowest BCUT2D eigenvalue weighted by Gasteiger charge is -2.32. The Morgan fingerprint density at radius 3 is 2.02 bits per heavy atom. The zero-order valence-electron chi connectivity index (χ0n) is 29.1. The molecule has 4 rings (SSSR count). The van der Waals surface area contributed by atoms with Crippen molar-refractivity contribution in [2.45, 2.75) is 40.7 Å². The fourth-order valence-corrected chi connectivity index (χ4v) is 5.92. The number of likely N-dealkylation sites (N-methyl/N-ethyl adjacent to an activating group) is 2. The lowest BCUT2D eigenvalue weighted by molar-refractivity contribution is 0.0779. The van der Waals surface area contributed by atoms with Crippen molar-refractivity contribution in [2.24, 2.45) is 0 Å². The Hall–Kier alpha value is -5.16. The number of carbonyl (C=O) groups is 2. The van der Waals surface area contributed by atoms with Crippen molar-refractivity contribution < 1.29 is 24.2 Å². The highest BCUT2D eigenvalue weighted by Crippen LogP contribution is 2.39. The molecule has 2 amide bonds. The number of nitrogens with one attached hydrogen (secondary N) is 1. The molecule has 0 fully saturated rings. The normalized spacial score (nSPS) is 11.6. The molecule has 1 aromatic heterocycles. The molecule has 0 bridgehead atoms. The van der Waals surface area contributed by atoms with Gasteiger partial charge in [-0.25, -0.2) is 14.7 Å². The van der Waals surface area contributed by atoms with Gasteiger partial charge < -0.3 is 29.7 Å². The molecule has 1 unspecified atom stereocenters. The minimum Gasteiger partial charge on any atom is -0.497 e. The van der Waals surface area contributed by atoms with Crippen molar-refractivity contribution in [3.63, 3.8) is 0 Å². The second-order valence-corrected chi connectivity index (χ2v) is 11.7. The van der Waals surface area contributed by atoms with Gasteiger partial charge in [-0.05, 0) is 98.6 Å². The molecule has 0 aliphatic heterocycles. The van der Waals surface area contributed by atoms with Gasteiger partial charge in [-0.3, -0.25) is 4.79 Å². The number of carbonyl (C=O) groups excluding carboxylic acids is 1. The first-order chi connectivity index (χ1) is 23.0. The van der Waals surface area contributed by atoms with Crippen molar-refractivity contribution >= 4 is 29.5 Å². The SMILES string of the molecule is CCN(CC)CCN(C)C(=O)c1ccc(Nc2nccc(N(C(=O)O)C(c3cc(OC)cc(OC)c3)c3c(C)cc(C)cc3C)n2)cc1. The van der Waals surface area contributed by atoms with Gasteiger partial charge in [0.05, 0.1) is 20.3 Å². The van der Waals surface area contributed by atoms with E-state index in [4.69, 9.17) is 9.47 Å². The summed E-state index contributed by atoms with van der Waals surface area (Å²) in [5, 5.41) is 13.9. The van der Waals surface area contributed by atoms with E-state index in [1.54, 1.807) is 62.6 Å². The topological polar surface area (TPSA) is 120 Å². The van der Waals surface area contributed by atoms with Crippen LogP contribution in [0.2, 0.25) is 0 Å². The van der Waals surface area contributed by atoms with Gasteiger partial charge in [0.15, 0.2) is 0 Å². The van der Waals surface area contributed by atoms with Crippen LogP contribution in [-0.4, -0.2) is 84.3 Å². The summed E-state index contributed by atoms with van der Waals surface area (Å²) in [5.41, 5.74) is 5.64. The summed E-state index contributed by atoms with van der Waals surface area (Å²) in [6.07, 6.45) is 0.320. The third kappa shape index (κ3) is 8.40. The van der Waals surface area contributed by atoms with Gasteiger partial charge in [0.2, 0.25) is 5.95 Å². The number of ether oxygens (including phenoxy) is 2. The van der Waals surface area contributed by atoms with Gasteiger partial charge in [-0.1, -0.05) is 31.5 Å². The molecule has 11 heteroatoms. The molecule has 254 valence electrons. The van der Waals surface area contributed by atoms with Crippen molar-refractivity contribution in [1.29, 1.82) is 0 Å². The average molecular weight is 655 g/mol. The summed E-state index contributed by atoms with van der Waals surface area (Å²) in [6.45, 7) is 13.5. The monoisotopic (exact) mass is 654 g/mol. The van der Waals surface area contributed by atoms with Gasteiger partial charge in [0, 0.05) is 43.7 Å². The highest BCUT2D eigenvalue weighted by atomic mass is 16.5. The van der Waals surface area contributed by atoms with E-state index in [0.29, 0.717) is 34.9 Å². The average Bonchev–Trinajstić information content (AvgIpc) is 3.07. The molecule has 2 N–H and O–H groups in total. The highest BCUT2D eigenvalue weighted by Gasteiger charge is 2.33. The van der Waals surface area contributed by atoms with Gasteiger partial charge in [0.25, 0.3) is 5.91 Å². The number of anilines is 3. The number of aryl methyl sites for hydroxylation is 3. The molecule has 0 aliphatic carbocycles. The van der Waals surface area contributed by atoms with Crippen LogP contribution in [0.15, 0.2) is 66.9 Å². The minimum atomic E-state index is -1.20. The van der Waals surface area contributed by atoms with E-state index in [1.807, 2.05) is 45.0 Å². The van der Waals surface area contributed by atoms with Crippen LogP contribution in [0.25, 0.3) is 0 Å². The van der Waals surface area contributed by atoms with Crippen LogP contribution in [0.5, 0.6) is 11.5 Å². The van der Waals surface area contributed by atoms with E-state index in [2.05, 4.69) is 34.0 Å². The van der Waals surface area contributed by atoms with E-state index < -0.39 is 12.1 Å². The Morgan fingerprint density at radius 1 is 0.875 bits per heavy atom. The summed E-state index contributed by atoms with van der Waals surface area (Å²) in [5.74, 6) is 1.38. The lowest BCUT2D eigenvalue weighted by atomic mass is 9.88. The Kier molecular flexibility index (Phi) is 12.0. The van der Waals surface area contributed by atoms with Crippen LogP contribution in [0.4, 0.5) is 22.2 Å². The van der Waals surface area contributed by atoms with E-state index in [0.717, 1.165) is 41.9 Å².